The quantitative estimate of drug-likeness (QED) is 0.727. The maximum Gasteiger partial charge on any atom is 0.109 e. The van der Waals surface area contributed by atoms with Crippen molar-refractivity contribution in [3.63, 3.8) is 0 Å². The van der Waals surface area contributed by atoms with E-state index in [1.165, 1.54) is 5.56 Å². The van der Waals surface area contributed by atoms with E-state index in [1.807, 2.05) is 6.20 Å². The first-order chi connectivity index (χ1) is 6.56. The van der Waals surface area contributed by atoms with Crippen molar-refractivity contribution in [2.24, 2.45) is 0 Å². The van der Waals surface area contributed by atoms with Crippen LogP contribution in [0.5, 0.6) is 0 Å². The van der Waals surface area contributed by atoms with Gasteiger partial charge in [0.25, 0.3) is 0 Å². The van der Waals surface area contributed by atoms with E-state index < -0.39 is 0 Å². The topological polar surface area (TPSA) is 17.8 Å². The first kappa shape index (κ1) is 11.2. The van der Waals surface area contributed by atoms with Crippen molar-refractivity contribution in [3.8, 4) is 0 Å². The van der Waals surface area contributed by atoms with Gasteiger partial charge in [-0.25, -0.2) is 4.39 Å². The molecule has 0 atom stereocenters. The van der Waals surface area contributed by atoms with E-state index in [-0.39, 0.29) is 6.67 Å². The van der Waals surface area contributed by atoms with Gasteiger partial charge in [0, 0.05) is 6.20 Å². The second kappa shape index (κ2) is 4.58. The normalized spacial score (nSPS) is 11.6. The van der Waals surface area contributed by atoms with Crippen LogP contribution >= 0.6 is 0 Å². The summed E-state index contributed by atoms with van der Waals surface area (Å²) in [6.45, 7) is 8.54. The number of halogens is 1. The minimum Gasteiger partial charge on any atom is -0.270 e. The zero-order chi connectivity index (χ0) is 10.7. The molecule has 0 aliphatic rings. The summed E-state index contributed by atoms with van der Waals surface area (Å²) in [6.07, 6.45) is 1.97. The smallest absolute Gasteiger partial charge is 0.109 e. The molecule has 0 unspecified atom stereocenters. The van der Waals surface area contributed by atoms with Gasteiger partial charge in [0.1, 0.15) is 6.67 Å². The predicted molar refractivity (Wildman–Crippen MR) is 56.4 cm³/mol. The zero-order valence-electron chi connectivity index (χ0n) is 9.42. The Bertz CT molecular complexity index is 264. The van der Waals surface area contributed by atoms with Crippen LogP contribution in [0.2, 0.25) is 0 Å². The Hall–Kier alpha value is -0.860. The van der Waals surface area contributed by atoms with Gasteiger partial charge in [-0.2, -0.15) is 5.10 Å². The fourth-order valence-electron chi connectivity index (χ4n) is 1.55. The fourth-order valence-corrected chi connectivity index (χ4v) is 1.55. The van der Waals surface area contributed by atoms with E-state index in [0.29, 0.717) is 18.4 Å². The summed E-state index contributed by atoms with van der Waals surface area (Å²) >= 11 is 0. The standard InChI is InChI=1S/C11H19FN2/c1-8(2)10-7-14(6-5-12)13-11(10)9(3)4/h7-9H,5-6H2,1-4H3. The van der Waals surface area contributed by atoms with Crippen LogP contribution in [0.1, 0.15) is 50.8 Å². The Morgan fingerprint density at radius 2 is 1.93 bits per heavy atom. The number of nitrogens with zero attached hydrogens (tertiary/aromatic N) is 2. The largest absolute Gasteiger partial charge is 0.270 e. The second-order valence-electron chi connectivity index (χ2n) is 4.23. The van der Waals surface area contributed by atoms with Crippen molar-refractivity contribution in [1.82, 2.24) is 9.78 Å². The molecular weight excluding hydrogens is 179 g/mol. The van der Waals surface area contributed by atoms with E-state index in [1.54, 1.807) is 4.68 Å². The van der Waals surface area contributed by atoms with E-state index in [9.17, 15) is 4.39 Å². The molecule has 0 saturated carbocycles. The molecular formula is C11H19FN2. The average Bonchev–Trinajstić information content (AvgIpc) is 2.49. The third kappa shape index (κ3) is 2.34. The van der Waals surface area contributed by atoms with Crippen LogP contribution in [0.15, 0.2) is 6.20 Å². The molecule has 0 N–H and O–H groups in total. The van der Waals surface area contributed by atoms with Crippen LogP contribution in [-0.2, 0) is 6.54 Å². The van der Waals surface area contributed by atoms with Gasteiger partial charge >= 0.3 is 0 Å². The SMILES string of the molecule is CC(C)c1cn(CCF)nc1C(C)C. The molecule has 0 aromatic carbocycles. The number of alkyl halides is 1. The lowest BCUT2D eigenvalue weighted by molar-refractivity contribution is 0.425. The molecule has 0 aliphatic carbocycles. The Kier molecular flexibility index (Phi) is 3.67. The molecule has 0 amide bonds. The van der Waals surface area contributed by atoms with E-state index in [0.717, 1.165) is 5.69 Å². The van der Waals surface area contributed by atoms with Crippen LogP contribution < -0.4 is 0 Å². The number of hydrogen-bond acceptors (Lipinski definition) is 1. The van der Waals surface area contributed by atoms with Gasteiger partial charge in [-0.05, 0) is 17.4 Å². The van der Waals surface area contributed by atoms with Gasteiger partial charge in [-0.3, -0.25) is 4.68 Å². The number of hydrogen-bond donors (Lipinski definition) is 0. The van der Waals surface area contributed by atoms with Crippen molar-refractivity contribution < 1.29 is 4.39 Å². The summed E-state index contributed by atoms with van der Waals surface area (Å²) in [6, 6.07) is 0. The molecule has 1 aromatic rings. The minimum absolute atomic E-state index is 0.350. The molecule has 0 bridgehead atoms. The van der Waals surface area contributed by atoms with Crippen molar-refractivity contribution in [1.29, 1.82) is 0 Å². The lowest BCUT2D eigenvalue weighted by atomic mass is 9.98. The van der Waals surface area contributed by atoms with Gasteiger partial charge in [-0.1, -0.05) is 27.7 Å². The highest BCUT2D eigenvalue weighted by Crippen LogP contribution is 2.24. The molecule has 14 heavy (non-hydrogen) atoms. The van der Waals surface area contributed by atoms with Gasteiger partial charge in [-0.15, -0.1) is 0 Å². The highest BCUT2D eigenvalue weighted by molar-refractivity contribution is 5.23. The van der Waals surface area contributed by atoms with Crippen LogP contribution in [0.25, 0.3) is 0 Å². The average molecular weight is 198 g/mol. The fraction of sp³-hybridized carbons (Fsp3) is 0.727. The molecule has 2 nitrogen and oxygen atoms in total. The number of aromatic nitrogens is 2. The maximum absolute atomic E-state index is 12.2. The lowest BCUT2D eigenvalue weighted by Gasteiger charge is -2.06. The van der Waals surface area contributed by atoms with Crippen molar-refractivity contribution in [2.45, 2.75) is 46.1 Å². The van der Waals surface area contributed by atoms with Crippen molar-refractivity contribution >= 4 is 0 Å². The molecule has 3 heteroatoms. The molecule has 1 aromatic heterocycles. The Morgan fingerprint density at radius 3 is 2.29 bits per heavy atom. The molecule has 1 heterocycles. The van der Waals surface area contributed by atoms with Crippen LogP contribution in [0.3, 0.4) is 0 Å². The summed E-state index contributed by atoms with van der Waals surface area (Å²) in [5.74, 6) is 0.869. The van der Waals surface area contributed by atoms with Crippen LogP contribution in [0, 0.1) is 0 Å². The summed E-state index contributed by atoms with van der Waals surface area (Å²) < 4.78 is 13.9. The van der Waals surface area contributed by atoms with Crippen LogP contribution in [-0.4, -0.2) is 16.5 Å². The van der Waals surface area contributed by atoms with Gasteiger partial charge < -0.3 is 0 Å². The third-order valence-electron chi connectivity index (χ3n) is 2.30. The number of aryl methyl sites for hydroxylation is 1. The molecule has 0 saturated heterocycles. The van der Waals surface area contributed by atoms with Gasteiger partial charge in [0.2, 0.25) is 0 Å². The highest BCUT2D eigenvalue weighted by atomic mass is 19.1. The van der Waals surface area contributed by atoms with Crippen molar-refractivity contribution in [3.05, 3.63) is 17.5 Å². The van der Waals surface area contributed by atoms with E-state index in [4.69, 9.17) is 0 Å². The highest BCUT2D eigenvalue weighted by Gasteiger charge is 2.14. The zero-order valence-corrected chi connectivity index (χ0v) is 9.42. The maximum atomic E-state index is 12.2. The molecule has 0 radical (unpaired) electrons. The monoisotopic (exact) mass is 198 g/mol. The summed E-state index contributed by atoms with van der Waals surface area (Å²) in [5.41, 5.74) is 2.35. The molecule has 0 spiro atoms. The summed E-state index contributed by atoms with van der Waals surface area (Å²) in [7, 11) is 0. The first-order valence-electron chi connectivity index (χ1n) is 5.19. The molecule has 80 valence electrons. The van der Waals surface area contributed by atoms with Crippen molar-refractivity contribution in [2.75, 3.05) is 6.67 Å². The minimum atomic E-state index is -0.350. The summed E-state index contributed by atoms with van der Waals surface area (Å²) in [4.78, 5) is 0. The second-order valence-corrected chi connectivity index (χ2v) is 4.23. The molecule has 0 aliphatic heterocycles. The molecule has 0 fully saturated rings. The van der Waals surface area contributed by atoms with Gasteiger partial charge in [0.15, 0.2) is 0 Å². The lowest BCUT2D eigenvalue weighted by Crippen LogP contribution is -2.01. The molecule has 1 rings (SSSR count). The first-order valence-corrected chi connectivity index (χ1v) is 5.19. The number of rotatable bonds is 4. The van der Waals surface area contributed by atoms with Crippen LogP contribution in [0.4, 0.5) is 4.39 Å². The predicted octanol–water partition coefficient (Wildman–Crippen LogP) is 3.10. The Morgan fingerprint density at radius 1 is 1.29 bits per heavy atom. The Labute approximate surface area is 85.1 Å². The third-order valence-corrected chi connectivity index (χ3v) is 2.30. The summed E-state index contributed by atoms with van der Waals surface area (Å²) in [5, 5.41) is 4.40. The van der Waals surface area contributed by atoms with E-state index in [2.05, 4.69) is 32.8 Å². The Balaban J connectivity index is 3.00. The van der Waals surface area contributed by atoms with E-state index >= 15 is 0 Å². The van der Waals surface area contributed by atoms with Gasteiger partial charge in [0.05, 0.1) is 12.2 Å².